The first kappa shape index (κ1) is 13.4. The second-order valence-corrected chi connectivity index (χ2v) is 10.6. The third kappa shape index (κ3) is 2.24. The van der Waals surface area contributed by atoms with Crippen molar-refractivity contribution in [2.45, 2.75) is 47.2 Å². The fourth-order valence-corrected chi connectivity index (χ4v) is 7.06. The Kier molecular flexibility index (Phi) is 3.37. The van der Waals surface area contributed by atoms with Crippen molar-refractivity contribution in [3.8, 4) is 0 Å². The summed E-state index contributed by atoms with van der Waals surface area (Å²) in [6, 6.07) is 4.68. The minimum Gasteiger partial charge on any atom is -0.0779 e. The summed E-state index contributed by atoms with van der Waals surface area (Å²) in [7, 11) is -1.49. The van der Waals surface area contributed by atoms with Gasteiger partial charge in [-0.1, -0.05) is 64.8 Å². The summed E-state index contributed by atoms with van der Waals surface area (Å²) in [6.45, 7) is 14.0. The van der Waals surface area contributed by atoms with E-state index in [1.165, 1.54) is 22.3 Å². The van der Waals surface area contributed by atoms with Gasteiger partial charge in [0, 0.05) is 0 Å². The standard InChI is InChI=1S/C17H24Si/c1-12-7-8-16(11-12)18(5,6)17-14(3)9-13(2)10-15(17)4/h7,9-11H,8H2,1-6H3. The molecule has 0 fully saturated rings. The van der Waals surface area contributed by atoms with Gasteiger partial charge < -0.3 is 0 Å². The number of allylic oxidation sites excluding steroid dienone is 4. The minimum absolute atomic E-state index is 1.16. The number of hydrogen-bond acceptors (Lipinski definition) is 0. The van der Waals surface area contributed by atoms with Crippen LogP contribution in [-0.4, -0.2) is 8.07 Å². The van der Waals surface area contributed by atoms with Crippen LogP contribution in [0.25, 0.3) is 0 Å². The first-order valence-electron chi connectivity index (χ1n) is 6.78. The average Bonchev–Trinajstić information content (AvgIpc) is 2.63. The summed E-state index contributed by atoms with van der Waals surface area (Å²) in [4.78, 5) is 0. The van der Waals surface area contributed by atoms with Crippen molar-refractivity contribution >= 4 is 13.3 Å². The Morgan fingerprint density at radius 3 is 1.94 bits per heavy atom. The van der Waals surface area contributed by atoms with Gasteiger partial charge in [0.15, 0.2) is 0 Å². The Balaban J connectivity index is 2.52. The van der Waals surface area contributed by atoms with E-state index in [0.29, 0.717) is 0 Å². The van der Waals surface area contributed by atoms with Crippen molar-refractivity contribution in [2.24, 2.45) is 0 Å². The van der Waals surface area contributed by atoms with Crippen molar-refractivity contribution < 1.29 is 0 Å². The van der Waals surface area contributed by atoms with Crippen LogP contribution >= 0.6 is 0 Å². The second-order valence-electron chi connectivity index (χ2n) is 6.22. The Hall–Kier alpha value is -1.08. The lowest BCUT2D eigenvalue weighted by Gasteiger charge is -2.29. The summed E-state index contributed by atoms with van der Waals surface area (Å²) in [5.41, 5.74) is 5.78. The molecule has 0 N–H and O–H groups in total. The zero-order chi connectivity index (χ0) is 13.5. The fraction of sp³-hybridized carbons (Fsp3) is 0.412. The van der Waals surface area contributed by atoms with Crippen LogP contribution in [0.15, 0.2) is 35.1 Å². The molecule has 1 heteroatoms. The molecule has 96 valence electrons. The third-order valence-electron chi connectivity index (χ3n) is 4.15. The molecule has 0 bridgehead atoms. The molecule has 0 unspecified atom stereocenters. The van der Waals surface area contributed by atoms with E-state index in [1.54, 1.807) is 10.4 Å². The molecular weight excluding hydrogens is 232 g/mol. The van der Waals surface area contributed by atoms with Crippen LogP contribution < -0.4 is 5.19 Å². The second kappa shape index (κ2) is 4.54. The Morgan fingerprint density at radius 2 is 1.50 bits per heavy atom. The van der Waals surface area contributed by atoms with Gasteiger partial charge in [0.05, 0.1) is 0 Å². The van der Waals surface area contributed by atoms with E-state index in [4.69, 9.17) is 0 Å². The number of rotatable bonds is 2. The first-order chi connectivity index (χ1) is 8.32. The lowest BCUT2D eigenvalue weighted by Crippen LogP contribution is -2.46. The van der Waals surface area contributed by atoms with E-state index >= 15 is 0 Å². The predicted octanol–water partition coefficient (Wildman–Crippen LogP) is 4.34. The summed E-state index contributed by atoms with van der Waals surface area (Å²) >= 11 is 0. The Labute approximate surface area is 112 Å². The highest BCUT2D eigenvalue weighted by atomic mass is 28.3. The van der Waals surface area contributed by atoms with E-state index in [2.05, 4.69) is 65.1 Å². The zero-order valence-corrected chi connectivity index (χ0v) is 13.5. The van der Waals surface area contributed by atoms with Gasteiger partial charge in [-0.25, -0.2) is 0 Å². The van der Waals surface area contributed by atoms with Crippen LogP contribution in [0, 0.1) is 20.8 Å². The van der Waals surface area contributed by atoms with E-state index in [9.17, 15) is 0 Å². The van der Waals surface area contributed by atoms with E-state index in [1.807, 2.05) is 0 Å². The smallest absolute Gasteiger partial charge is 0.0779 e. The average molecular weight is 256 g/mol. The quantitative estimate of drug-likeness (QED) is 0.690. The lowest BCUT2D eigenvalue weighted by molar-refractivity contribution is 1.31. The lowest BCUT2D eigenvalue weighted by atomic mass is 10.1. The molecule has 1 aromatic rings. The van der Waals surface area contributed by atoms with Crippen molar-refractivity contribution in [1.82, 2.24) is 0 Å². The highest BCUT2D eigenvalue weighted by Crippen LogP contribution is 2.28. The monoisotopic (exact) mass is 256 g/mol. The van der Waals surface area contributed by atoms with E-state index in [-0.39, 0.29) is 0 Å². The van der Waals surface area contributed by atoms with Crippen LogP contribution in [0.2, 0.25) is 13.1 Å². The van der Waals surface area contributed by atoms with E-state index in [0.717, 1.165) is 6.42 Å². The van der Waals surface area contributed by atoms with Gasteiger partial charge in [-0.05, 0) is 39.3 Å². The maximum atomic E-state index is 2.50. The van der Waals surface area contributed by atoms with Crippen molar-refractivity contribution in [3.63, 3.8) is 0 Å². The number of hydrogen-bond donors (Lipinski definition) is 0. The van der Waals surface area contributed by atoms with Crippen LogP contribution in [0.3, 0.4) is 0 Å². The molecule has 0 radical (unpaired) electrons. The summed E-state index contributed by atoms with van der Waals surface area (Å²) in [6.07, 6.45) is 5.95. The van der Waals surface area contributed by atoms with Gasteiger partial charge in [-0.15, -0.1) is 0 Å². The highest BCUT2D eigenvalue weighted by molar-refractivity contribution is 6.96. The molecule has 1 aromatic carbocycles. The molecule has 0 nitrogen and oxygen atoms in total. The summed E-state index contributed by atoms with van der Waals surface area (Å²) in [5.74, 6) is 0. The first-order valence-corrected chi connectivity index (χ1v) is 9.78. The number of benzene rings is 1. The molecule has 0 spiro atoms. The van der Waals surface area contributed by atoms with Gasteiger partial charge in [0.25, 0.3) is 0 Å². The molecule has 0 aliphatic heterocycles. The SMILES string of the molecule is CC1=CCC([Si](C)(C)c2c(C)cc(C)cc2C)=C1. The molecule has 0 heterocycles. The molecule has 0 amide bonds. The zero-order valence-electron chi connectivity index (χ0n) is 12.5. The molecule has 0 saturated heterocycles. The molecule has 0 aromatic heterocycles. The van der Waals surface area contributed by atoms with Crippen LogP contribution in [-0.2, 0) is 0 Å². The Bertz CT molecular complexity index is 522. The summed E-state index contributed by atoms with van der Waals surface area (Å²) in [5, 5.41) is 3.32. The normalized spacial score (nSPS) is 15.7. The van der Waals surface area contributed by atoms with Gasteiger partial charge in [0.1, 0.15) is 8.07 Å². The maximum Gasteiger partial charge on any atom is 0.108 e. The predicted molar refractivity (Wildman–Crippen MR) is 84.2 cm³/mol. The van der Waals surface area contributed by atoms with Gasteiger partial charge in [0.2, 0.25) is 0 Å². The minimum atomic E-state index is -1.49. The molecule has 18 heavy (non-hydrogen) atoms. The van der Waals surface area contributed by atoms with E-state index < -0.39 is 8.07 Å². The molecular formula is C17H24Si. The third-order valence-corrected chi connectivity index (χ3v) is 8.14. The molecule has 2 rings (SSSR count). The molecule has 0 atom stereocenters. The topological polar surface area (TPSA) is 0 Å². The fourth-order valence-electron chi connectivity index (χ4n) is 3.43. The molecule has 1 aliphatic carbocycles. The summed E-state index contributed by atoms with van der Waals surface area (Å²) < 4.78 is 0. The highest BCUT2D eigenvalue weighted by Gasteiger charge is 2.31. The Morgan fingerprint density at radius 1 is 0.944 bits per heavy atom. The largest absolute Gasteiger partial charge is 0.108 e. The van der Waals surface area contributed by atoms with Gasteiger partial charge >= 0.3 is 0 Å². The molecule has 1 aliphatic rings. The van der Waals surface area contributed by atoms with Gasteiger partial charge in [-0.3, -0.25) is 0 Å². The van der Waals surface area contributed by atoms with Crippen molar-refractivity contribution in [2.75, 3.05) is 0 Å². The van der Waals surface area contributed by atoms with Crippen molar-refractivity contribution in [3.05, 3.63) is 51.7 Å². The van der Waals surface area contributed by atoms with Crippen LogP contribution in [0.1, 0.15) is 30.0 Å². The molecule has 0 saturated carbocycles. The maximum absolute atomic E-state index is 2.50. The van der Waals surface area contributed by atoms with Crippen LogP contribution in [0.5, 0.6) is 0 Å². The van der Waals surface area contributed by atoms with Crippen molar-refractivity contribution in [1.29, 1.82) is 0 Å². The van der Waals surface area contributed by atoms with Crippen LogP contribution in [0.4, 0.5) is 0 Å². The van der Waals surface area contributed by atoms with Gasteiger partial charge in [-0.2, -0.15) is 0 Å². The number of aryl methyl sites for hydroxylation is 3.